The normalized spacial score (nSPS) is 19.2. The Morgan fingerprint density at radius 2 is 1.65 bits per heavy atom. The van der Waals surface area contributed by atoms with Crippen molar-refractivity contribution < 1.29 is 23.1 Å². The van der Waals surface area contributed by atoms with E-state index in [1.54, 1.807) is 11.9 Å². The lowest BCUT2D eigenvalue weighted by Crippen LogP contribution is -2.39. The van der Waals surface area contributed by atoms with E-state index in [0.717, 1.165) is 37.8 Å². The Bertz CT molecular complexity index is 546. The van der Waals surface area contributed by atoms with Crippen LogP contribution in [0.15, 0.2) is 24.3 Å². The van der Waals surface area contributed by atoms with Crippen LogP contribution in [0.3, 0.4) is 0 Å². The second-order valence-corrected chi connectivity index (χ2v) is 6.36. The molecule has 1 aliphatic carbocycles. The lowest BCUT2D eigenvalue weighted by Gasteiger charge is -2.31. The largest absolute Gasteiger partial charge is 0.421 e. The van der Waals surface area contributed by atoms with Gasteiger partial charge in [0.2, 0.25) is 0 Å². The minimum absolute atomic E-state index is 0.189. The van der Waals surface area contributed by atoms with Gasteiger partial charge in [0.25, 0.3) is 5.91 Å². The maximum Gasteiger partial charge on any atom is 0.421 e. The minimum Gasteiger partial charge on any atom is -0.376 e. The summed E-state index contributed by atoms with van der Waals surface area (Å²) in [5, 5.41) is 9.64. The number of alkyl halides is 3. The number of amides is 1. The van der Waals surface area contributed by atoms with Crippen LogP contribution in [0, 0.1) is 0 Å². The van der Waals surface area contributed by atoms with Crippen LogP contribution in [-0.2, 0) is 5.60 Å². The Labute approximate surface area is 134 Å². The number of benzene rings is 1. The van der Waals surface area contributed by atoms with E-state index in [-0.39, 0.29) is 17.5 Å². The molecule has 0 spiro atoms. The molecule has 1 aliphatic rings. The zero-order valence-electron chi connectivity index (χ0n) is 13.4. The molecule has 0 heterocycles. The Morgan fingerprint density at radius 1 is 1.13 bits per heavy atom. The van der Waals surface area contributed by atoms with Crippen LogP contribution in [-0.4, -0.2) is 35.2 Å². The fraction of sp³-hybridized carbons (Fsp3) is 0.588. The SMILES string of the molecule is CN(C(=O)c1ccc(C(C)(O)C(F)(F)F)cc1)C1CCCCC1. The molecule has 2 rings (SSSR count). The Morgan fingerprint density at radius 3 is 2.13 bits per heavy atom. The molecule has 128 valence electrons. The summed E-state index contributed by atoms with van der Waals surface area (Å²) in [7, 11) is 1.73. The predicted molar refractivity (Wildman–Crippen MR) is 81.0 cm³/mol. The van der Waals surface area contributed by atoms with Gasteiger partial charge in [-0.3, -0.25) is 4.79 Å². The van der Waals surface area contributed by atoms with Crippen molar-refractivity contribution in [2.45, 2.75) is 56.8 Å². The second kappa shape index (κ2) is 6.51. The van der Waals surface area contributed by atoms with Crippen LogP contribution in [0.5, 0.6) is 0 Å². The molecule has 0 aliphatic heterocycles. The van der Waals surface area contributed by atoms with Gasteiger partial charge >= 0.3 is 6.18 Å². The van der Waals surface area contributed by atoms with Gasteiger partial charge in [-0.25, -0.2) is 0 Å². The minimum atomic E-state index is -4.77. The predicted octanol–water partition coefficient (Wildman–Crippen LogP) is 3.86. The first-order valence-electron chi connectivity index (χ1n) is 7.81. The van der Waals surface area contributed by atoms with Crippen molar-refractivity contribution in [1.29, 1.82) is 0 Å². The van der Waals surface area contributed by atoms with Crippen molar-refractivity contribution >= 4 is 5.91 Å². The van der Waals surface area contributed by atoms with Crippen LogP contribution in [0.25, 0.3) is 0 Å². The molecule has 0 aromatic heterocycles. The molecule has 23 heavy (non-hydrogen) atoms. The third-order valence-corrected chi connectivity index (χ3v) is 4.69. The number of aliphatic hydroxyl groups is 1. The lowest BCUT2D eigenvalue weighted by molar-refractivity contribution is -0.258. The summed E-state index contributed by atoms with van der Waals surface area (Å²) in [6.45, 7) is 0.706. The number of carbonyl (C=O) groups is 1. The van der Waals surface area contributed by atoms with Crippen LogP contribution in [0.2, 0.25) is 0 Å². The van der Waals surface area contributed by atoms with Gasteiger partial charge < -0.3 is 10.0 Å². The zero-order valence-corrected chi connectivity index (χ0v) is 13.4. The first-order valence-corrected chi connectivity index (χ1v) is 7.81. The molecule has 0 radical (unpaired) electrons. The van der Waals surface area contributed by atoms with Crippen LogP contribution in [0.1, 0.15) is 54.9 Å². The summed E-state index contributed by atoms with van der Waals surface area (Å²) in [6.07, 6.45) is 0.523. The topological polar surface area (TPSA) is 40.5 Å². The molecule has 1 fully saturated rings. The van der Waals surface area contributed by atoms with Crippen molar-refractivity contribution in [3.8, 4) is 0 Å². The molecule has 1 amide bonds. The summed E-state index contributed by atoms with van der Waals surface area (Å²) >= 11 is 0. The van der Waals surface area contributed by atoms with E-state index in [1.165, 1.54) is 18.6 Å². The van der Waals surface area contributed by atoms with Gasteiger partial charge in [0.05, 0.1) is 0 Å². The van der Waals surface area contributed by atoms with E-state index in [4.69, 9.17) is 0 Å². The van der Waals surface area contributed by atoms with Crippen molar-refractivity contribution in [3.05, 3.63) is 35.4 Å². The summed E-state index contributed by atoms with van der Waals surface area (Å²) < 4.78 is 38.5. The highest BCUT2D eigenvalue weighted by molar-refractivity contribution is 5.94. The molecule has 1 aromatic rings. The van der Waals surface area contributed by atoms with Gasteiger partial charge in [0, 0.05) is 18.7 Å². The first kappa shape index (κ1) is 17.8. The van der Waals surface area contributed by atoms with Crippen molar-refractivity contribution in [2.24, 2.45) is 0 Å². The van der Waals surface area contributed by atoms with Gasteiger partial charge in [0.15, 0.2) is 5.60 Å². The smallest absolute Gasteiger partial charge is 0.376 e. The van der Waals surface area contributed by atoms with Gasteiger partial charge in [-0.15, -0.1) is 0 Å². The van der Waals surface area contributed by atoms with Gasteiger partial charge in [0.1, 0.15) is 0 Å². The molecule has 0 saturated heterocycles. The summed E-state index contributed by atoms with van der Waals surface area (Å²) in [6, 6.07) is 5.20. The van der Waals surface area contributed by atoms with Crippen LogP contribution in [0.4, 0.5) is 13.2 Å². The van der Waals surface area contributed by atoms with E-state index in [2.05, 4.69) is 0 Å². The molecule has 1 N–H and O–H groups in total. The van der Waals surface area contributed by atoms with E-state index < -0.39 is 11.8 Å². The van der Waals surface area contributed by atoms with E-state index in [9.17, 15) is 23.1 Å². The third kappa shape index (κ3) is 3.68. The van der Waals surface area contributed by atoms with Crippen LogP contribution >= 0.6 is 0 Å². The summed E-state index contributed by atoms with van der Waals surface area (Å²) in [5.74, 6) is -0.199. The van der Waals surface area contributed by atoms with Gasteiger partial charge in [-0.2, -0.15) is 13.2 Å². The van der Waals surface area contributed by atoms with Crippen molar-refractivity contribution in [2.75, 3.05) is 7.05 Å². The van der Waals surface area contributed by atoms with E-state index >= 15 is 0 Å². The Kier molecular flexibility index (Phi) is 5.04. The maximum atomic E-state index is 12.8. The van der Waals surface area contributed by atoms with Gasteiger partial charge in [-0.05, 0) is 37.5 Å². The number of halogens is 3. The summed E-state index contributed by atoms with van der Waals surface area (Å²) in [5.41, 5.74) is -2.87. The molecule has 1 aromatic carbocycles. The van der Waals surface area contributed by atoms with Crippen molar-refractivity contribution in [1.82, 2.24) is 4.90 Å². The maximum absolute atomic E-state index is 12.8. The molecule has 1 saturated carbocycles. The number of carbonyl (C=O) groups excluding carboxylic acids is 1. The third-order valence-electron chi connectivity index (χ3n) is 4.69. The van der Waals surface area contributed by atoms with Gasteiger partial charge in [-0.1, -0.05) is 31.4 Å². The standard InChI is InChI=1S/C17H22F3NO2/c1-16(23,17(18,19)20)13-10-8-12(9-11-13)15(22)21(2)14-6-4-3-5-7-14/h8-11,14,23H,3-7H2,1-2H3. The first-order chi connectivity index (χ1) is 10.6. The molecular formula is C17H22F3NO2. The quantitative estimate of drug-likeness (QED) is 0.915. The average molecular weight is 329 g/mol. The van der Waals surface area contributed by atoms with E-state index in [0.29, 0.717) is 12.5 Å². The highest BCUT2D eigenvalue weighted by Crippen LogP contribution is 2.38. The fourth-order valence-electron chi connectivity index (χ4n) is 2.94. The highest BCUT2D eigenvalue weighted by atomic mass is 19.4. The monoisotopic (exact) mass is 329 g/mol. The molecule has 1 atom stereocenters. The molecule has 1 unspecified atom stereocenters. The fourth-order valence-corrected chi connectivity index (χ4v) is 2.94. The van der Waals surface area contributed by atoms with E-state index in [1.807, 2.05) is 0 Å². The Balaban J connectivity index is 2.14. The highest BCUT2D eigenvalue weighted by Gasteiger charge is 2.51. The number of hydrogen-bond acceptors (Lipinski definition) is 2. The molecular weight excluding hydrogens is 307 g/mol. The van der Waals surface area contributed by atoms with Crippen LogP contribution < -0.4 is 0 Å². The molecule has 0 bridgehead atoms. The molecule has 3 nitrogen and oxygen atoms in total. The second-order valence-electron chi connectivity index (χ2n) is 6.36. The van der Waals surface area contributed by atoms with Crippen molar-refractivity contribution in [3.63, 3.8) is 0 Å². The average Bonchev–Trinajstić information content (AvgIpc) is 2.53. The number of hydrogen-bond donors (Lipinski definition) is 1. The number of nitrogens with zero attached hydrogens (tertiary/aromatic N) is 1. The lowest BCUT2D eigenvalue weighted by atomic mass is 9.93. The number of rotatable bonds is 3. The Hall–Kier alpha value is -1.56. The summed E-state index contributed by atoms with van der Waals surface area (Å²) in [4.78, 5) is 14.1. The molecule has 6 heteroatoms. The zero-order chi connectivity index (χ0) is 17.3.